The maximum atomic E-state index is 14.8. The molecule has 5 rings (SSSR count). The third-order valence-corrected chi connectivity index (χ3v) is 6.94. The van der Waals surface area contributed by atoms with Crippen molar-refractivity contribution < 1.29 is 14.3 Å². The first-order valence-electron chi connectivity index (χ1n) is 12.1. The Morgan fingerprint density at radius 2 is 1.97 bits per heavy atom. The Bertz CT molecular complexity index is 1310. The molecule has 1 aliphatic heterocycles. The number of fused-ring (bicyclic) bond motifs is 1. The quantitative estimate of drug-likeness (QED) is 0.480. The first-order chi connectivity index (χ1) is 16.8. The van der Waals surface area contributed by atoms with E-state index in [1.165, 1.54) is 6.07 Å². The van der Waals surface area contributed by atoms with Crippen molar-refractivity contribution in [2.75, 3.05) is 37.6 Å². The maximum absolute atomic E-state index is 14.8. The van der Waals surface area contributed by atoms with Gasteiger partial charge < -0.3 is 20.3 Å². The number of carbonyl (C=O) groups is 1. The number of nitrogens with zero attached hydrogens (tertiary/aromatic N) is 3. The molecular weight excluding hydrogens is 449 g/mol. The average Bonchev–Trinajstić information content (AvgIpc) is 3.60. The summed E-state index contributed by atoms with van der Waals surface area (Å²) in [6.07, 6.45) is 3.88. The molecular formula is C26H30FN5O3. The van der Waals surface area contributed by atoms with Gasteiger partial charge in [-0.15, -0.1) is 0 Å². The normalized spacial score (nSPS) is 17.5. The van der Waals surface area contributed by atoms with E-state index in [1.807, 2.05) is 30.2 Å². The summed E-state index contributed by atoms with van der Waals surface area (Å²) in [5.74, 6) is -0.804. The SMILES string of the molecule is CCc1cc2ncc(CN3CCN(c4ccc(C(=O)NCC5(O)CC5)cc4F)CC3)cc2[nH]c1=O. The van der Waals surface area contributed by atoms with Crippen LogP contribution < -0.4 is 15.8 Å². The van der Waals surface area contributed by atoms with Crippen LogP contribution >= 0.6 is 0 Å². The largest absolute Gasteiger partial charge is 0.388 e. The molecule has 184 valence electrons. The van der Waals surface area contributed by atoms with Gasteiger partial charge in [0.2, 0.25) is 0 Å². The predicted octanol–water partition coefficient (Wildman–Crippen LogP) is 2.20. The second kappa shape index (κ2) is 9.39. The number of hydrogen-bond acceptors (Lipinski definition) is 6. The van der Waals surface area contributed by atoms with E-state index in [4.69, 9.17) is 0 Å². The number of H-pyrrole nitrogens is 1. The first kappa shape index (κ1) is 23.4. The van der Waals surface area contributed by atoms with E-state index in [1.54, 1.807) is 12.1 Å². The van der Waals surface area contributed by atoms with Crippen LogP contribution in [0.15, 0.2) is 41.3 Å². The van der Waals surface area contributed by atoms with Gasteiger partial charge in [-0.3, -0.25) is 19.5 Å². The van der Waals surface area contributed by atoms with Gasteiger partial charge in [0.05, 0.1) is 22.3 Å². The Hall–Kier alpha value is -3.30. The number of hydrogen-bond donors (Lipinski definition) is 3. The molecule has 3 N–H and O–H groups in total. The summed E-state index contributed by atoms with van der Waals surface area (Å²) in [6, 6.07) is 8.36. The molecule has 35 heavy (non-hydrogen) atoms. The fourth-order valence-corrected chi connectivity index (χ4v) is 4.49. The summed E-state index contributed by atoms with van der Waals surface area (Å²) in [5, 5.41) is 12.5. The lowest BCUT2D eigenvalue weighted by atomic mass is 10.1. The van der Waals surface area contributed by atoms with Crippen LogP contribution in [-0.2, 0) is 13.0 Å². The van der Waals surface area contributed by atoms with Crippen LogP contribution in [0.1, 0.15) is 41.3 Å². The average molecular weight is 480 g/mol. The summed E-state index contributed by atoms with van der Waals surface area (Å²) in [4.78, 5) is 36.1. The third-order valence-electron chi connectivity index (χ3n) is 6.94. The number of aromatic amines is 1. The topological polar surface area (TPSA) is 102 Å². The van der Waals surface area contributed by atoms with Crippen LogP contribution in [0.2, 0.25) is 0 Å². The molecule has 1 aromatic carbocycles. The highest BCUT2D eigenvalue weighted by atomic mass is 19.1. The van der Waals surface area contributed by atoms with Gasteiger partial charge in [-0.05, 0) is 55.2 Å². The molecule has 0 spiro atoms. The van der Waals surface area contributed by atoms with Crippen LogP contribution in [-0.4, -0.2) is 64.2 Å². The van der Waals surface area contributed by atoms with E-state index < -0.39 is 11.4 Å². The summed E-state index contributed by atoms with van der Waals surface area (Å²) in [6.45, 7) is 5.67. The van der Waals surface area contributed by atoms with E-state index in [0.717, 1.165) is 35.2 Å². The van der Waals surface area contributed by atoms with Crippen molar-refractivity contribution in [2.24, 2.45) is 0 Å². The zero-order valence-corrected chi connectivity index (χ0v) is 19.8. The number of amides is 1. The van der Waals surface area contributed by atoms with E-state index in [0.29, 0.717) is 44.6 Å². The molecule has 9 heteroatoms. The van der Waals surface area contributed by atoms with E-state index in [-0.39, 0.29) is 23.6 Å². The number of anilines is 1. The lowest BCUT2D eigenvalue weighted by Crippen LogP contribution is -2.46. The van der Waals surface area contributed by atoms with Crippen LogP contribution in [0.25, 0.3) is 11.0 Å². The second-order valence-corrected chi connectivity index (χ2v) is 9.59. The van der Waals surface area contributed by atoms with Crippen LogP contribution in [0.5, 0.6) is 0 Å². The smallest absolute Gasteiger partial charge is 0.251 e. The van der Waals surface area contributed by atoms with Gasteiger partial charge >= 0.3 is 0 Å². The highest BCUT2D eigenvalue weighted by molar-refractivity contribution is 5.94. The number of rotatable bonds is 7. The Morgan fingerprint density at radius 3 is 2.66 bits per heavy atom. The zero-order chi connectivity index (χ0) is 24.6. The van der Waals surface area contributed by atoms with Gasteiger partial charge in [-0.1, -0.05) is 6.92 Å². The summed E-state index contributed by atoms with van der Waals surface area (Å²) >= 11 is 0. The van der Waals surface area contributed by atoms with Crippen LogP contribution in [0.3, 0.4) is 0 Å². The fourth-order valence-electron chi connectivity index (χ4n) is 4.49. The van der Waals surface area contributed by atoms with Crippen LogP contribution in [0, 0.1) is 5.82 Å². The van der Waals surface area contributed by atoms with Crippen LogP contribution in [0.4, 0.5) is 10.1 Å². The lowest BCUT2D eigenvalue weighted by Gasteiger charge is -2.36. The number of aliphatic hydroxyl groups is 1. The standard InChI is InChI=1S/C26H30FN5O3/c1-2-18-13-21-22(30-25(18)34)11-17(14-28-21)15-31-7-9-32(10-8-31)23-4-3-19(12-20(23)27)24(33)29-16-26(35)5-6-26/h3-4,11-14,35H,2,5-10,15-16H2,1H3,(H,29,33)(H,30,34). The van der Waals surface area contributed by atoms with E-state index in [9.17, 15) is 19.1 Å². The van der Waals surface area contributed by atoms with Crippen molar-refractivity contribution in [3.05, 3.63) is 69.4 Å². The zero-order valence-electron chi connectivity index (χ0n) is 19.8. The minimum atomic E-state index is -0.785. The predicted molar refractivity (Wildman–Crippen MR) is 132 cm³/mol. The molecule has 1 saturated carbocycles. The van der Waals surface area contributed by atoms with E-state index >= 15 is 0 Å². The van der Waals surface area contributed by atoms with Gasteiger partial charge in [0, 0.05) is 56.6 Å². The van der Waals surface area contributed by atoms with Crippen molar-refractivity contribution in [1.82, 2.24) is 20.2 Å². The Balaban J connectivity index is 1.18. The molecule has 1 saturated heterocycles. The minimum Gasteiger partial charge on any atom is -0.388 e. The molecule has 0 unspecified atom stereocenters. The van der Waals surface area contributed by atoms with Gasteiger partial charge in [-0.2, -0.15) is 0 Å². The Kier molecular flexibility index (Phi) is 6.29. The molecule has 0 atom stereocenters. The summed E-state index contributed by atoms with van der Waals surface area (Å²) in [7, 11) is 0. The minimum absolute atomic E-state index is 0.0710. The van der Waals surface area contributed by atoms with E-state index in [2.05, 4.69) is 20.2 Å². The number of halogens is 1. The first-order valence-corrected chi connectivity index (χ1v) is 12.1. The number of piperazine rings is 1. The van der Waals surface area contributed by atoms with Gasteiger partial charge in [0.25, 0.3) is 11.5 Å². The van der Waals surface area contributed by atoms with Crippen molar-refractivity contribution in [3.63, 3.8) is 0 Å². The highest BCUT2D eigenvalue weighted by Gasteiger charge is 2.40. The number of pyridine rings is 2. The second-order valence-electron chi connectivity index (χ2n) is 9.59. The third kappa shape index (κ3) is 5.21. The monoisotopic (exact) mass is 479 g/mol. The van der Waals surface area contributed by atoms with Crippen molar-refractivity contribution >= 4 is 22.6 Å². The number of aryl methyl sites for hydroxylation is 1. The number of aromatic nitrogens is 2. The molecule has 1 amide bonds. The lowest BCUT2D eigenvalue weighted by molar-refractivity contribution is 0.0895. The summed E-state index contributed by atoms with van der Waals surface area (Å²) < 4.78 is 14.8. The maximum Gasteiger partial charge on any atom is 0.251 e. The molecule has 0 radical (unpaired) electrons. The molecule has 2 aliphatic rings. The number of benzene rings is 1. The van der Waals surface area contributed by atoms with Crippen molar-refractivity contribution in [2.45, 2.75) is 38.3 Å². The molecule has 8 nitrogen and oxygen atoms in total. The van der Waals surface area contributed by atoms with Gasteiger partial charge in [0.15, 0.2) is 0 Å². The molecule has 3 heterocycles. The number of carbonyl (C=O) groups excluding carboxylic acids is 1. The molecule has 2 aromatic heterocycles. The van der Waals surface area contributed by atoms with Gasteiger partial charge in [0.1, 0.15) is 5.82 Å². The fraction of sp³-hybridized carbons (Fsp3) is 0.423. The molecule has 0 bridgehead atoms. The van der Waals surface area contributed by atoms with Gasteiger partial charge in [-0.25, -0.2) is 4.39 Å². The Morgan fingerprint density at radius 1 is 1.20 bits per heavy atom. The Labute approximate surface area is 202 Å². The molecule has 2 fully saturated rings. The number of nitrogens with one attached hydrogen (secondary N) is 2. The molecule has 3 aromatic rings. The summed E-state index contributed by atoms with van der Waals surface area (Å²) in [5.41, 5.74) is 3.15. The van der Waals surface area contributed by atoms with Crippen molar-refractivity contribution in [1.29, 1.82) is 0 Å². The van der Waals surface area contributed by atoms with Crippen molar-refractivity contribution in [3.8, 4) is 0 Å². The highest BCUT2D eigenvalue weighted by Crippen LogP contribution is 2.34. The molecule has 1 aliphatic carbocycles.